The second-order valence-electron chi connectivity index (χ2n) is 12.2. The molecule has 4 nitrogen and oxygen atoms in total. The van der Waals surface area contributed by atoms with Crippen LogP contribution in [0, 0.1) is 17.3 Å². The van der Waals surface area contributed by atoms with Gasteiger partial charge in [-0.05, 0) is 56.1 Å². The minimum Gasteiger partial charge on any atom is -0.383 e. The molecule has 1 atom stereocenters. The lowest BCUT2D eigenvalue weighted by Gasteiger charge is -2.31. The van der Waals surface area contributed by atoms with Gasteiger partial charge in [-0.3, -0.25) is 9.59 Å². The zero-order chi connectivity index (χ0) is 29.2. The van der Waals surface area contributed by atoms with Gasteiger partial charge in [0.05, 0.1) is 12.0 Å². The third-order valence-electron chi connectivity index (χ3n) is 7.86. The van der Waals surface area contributed by atoms with E-state index in [2.05, 4.69) is 45.9 Å². The van der Waals surface area contributed by atoms with Crippen LogP contribution in [0.4, 0.5) is 0 Å². The normalized spacial score (nSPS) is 19.7. The van der Waals surface area contributed by atoms with E-state index in [-0.39, 0.29) is 5.78 Å². The summed E-state index contributed by atoms with van der Waals surface area (Å²) in [5.74, 6) is 2.05. The molecular formula is C35H58O4. The number of hydrogen-bond acceptors (Lipinski definition) is 4. The molecule has 222 valence electrons. The summed E-state index contributed by atoms with van der Waals surface area (Å²) in [6.45, 7) is 11.5. The Hall–Kier alpha value is -1.78. The van der Waals surface area contributed by atoms with Gasteiger partial charge in [0.25, 0.3) is 0 Å². The molecule has 0 N–H and O–H groups in total. The highest BCUT2D eigenvalue weighted by atomic mass is 16.5. The van der Waals surface area contributed by atoms with Crippen LogP contribution in [0.25, 0.3) is 0 Å². The average molecular weight is 543 g/mol. The summed E-state index contributed by atoms with van der Waals surface area (Å²) in [6, 6.07) is 0. The molecule has 0 aliphatic heterocycles. The molecule has 0 spiro atoms. The number of methoxy groups -OCH3 is 2. The summed E-state index contributed by atoms with van der Waals surface area (Å²) < 4.78 is 10.8. The molecule has 1 unspecified atom stereocenters. The maximum absolute atomic E-state index is 12.5. The first-order valence-electron chi connectivity index (χ1n) is 15.4. The fourth-order valence-electron chi connectivity index (χ4n) is 5.33. The van der Waals surface area contributed by atoms with Gasteiger partial charge in [0.1, 0.15) is 5.78 Å². The highest BCUT2D eigenvalue weighted by Crippen LogP contribution is 2.31. The number of ether oxygens (including phenoxy) is 2. The van der Waals surface area contributed by atoms with Crippen LogP contribution in [0.3, 0.4) is 0 Å². The molecule has 0 saturated carbocycles. The summed E-state index contributed by atoms with van der Waals surface area (Å²) >= 11 is 0. The third-order valence-corrected chi connectivity index (χ3v) is 7.86. The second kappa shape index (κ2) is 19.3. The summed E-state index contributed by atoms with van der Waals surface area (Å²) in [5, 5.41) is 0. The fraction of sp³-hybridized carbons (Fsp3) is 0.714. The number of hydrogen-bond donors (Lipinski definition) is 0. The van der Waals surface area contributed by atoms with Gasteiger partial charge >= 0.3 is 0 Å². The van der Waals surface area contributed by atoms with E-state index in [0.29, 0.717) is 25.2 Å². The van der Waals surface area contributed by atoms with Crippen LogP contribution in [0.2, 0.25) is 0 Å². The van der Waals surface area contributed by atoms with Crippen molar-refractivity contribution in [3.8, 4) is 0 Å². The van der Waals surface area contributed by atoms with Crippen molar-refractivity contribution in [1.29, 1.82) is 0 Å². The number of carbonyl (C=O) groups excluding carboxylic acids is 2. The molecule has 4 heteroatoms. The molecule has 0 aromatic rings. The van der Waals surface area contributed by atoms with Crippen LogP contribution in [-0.2, 0) is 19.1 Å². The fourth-order valence-corrected chi connectivity index (χ4v) is 5.33. The number of carbonyl (C=O) groups is 2. The first-order valence-corrected chi connectivity index (χ1v) is 15.4. The summed E-state index contributed by atoms with van der Waals surface area (Å²) in [7, 11) is 3.29. The molecule has 0 aromatic heterocycles. The quantitative estimate of drug-likeness (QED) is 0.128. The van der Waals surface area contributed by atoms with E-state index >= 15 is 0 Å². The molecule has 0 saturated heterocycles. The van der Waals surface area contributed by atoms with Gasteiger partial charge in [0, 0.05) is 27.1 Å². The van der Waals surface area contributed by atoms with Crippen LogP contribution in [0.1, 0.15) is 118 Å². The van der Waals surface area contributed by atoms with Crippen molar-refractivity contribution in [2.45, 2.75) is 124 Å². The van der Waals surface area contributed by atoms with E-state index < -0.39 is 11.0 Å². The maximum atomic E-state index is 12.5. The Morgan fingerprint density at radius 1 is 0.744 bits per heavy atom. The second-order valence-corrected chi connectivity index (χ2v) is 12.2. The monoisotopic (exact) mass is 542 g/mol. The molecule has 0 aromatic carbocycles. The number of unbranched alkanes of at least 4 members (excludes halogenated alkanes) is 5. The largest absolute Gasteiger partial charge is 0.383 e. The standard InChI is InChI=1S/C18H30O2.C17H28O2/c1-16(2)11-7-4-5-8-12-17(19)18(15-20-3)13-9-6-10-14-18;1-14(2)10-6-5-7-12-16(18)17(19-4)13-9-8-11-15(17)3/h9-10,13-14,16H,4-8,11-12,15H2,1-3H3;9,11,13-14H,5-8,10,12H2,1-4H3. The van der Waals surface area contributed by atoms with E-state index in [1.807, 2.05) is 31.2 Å². The Morgan fingerprint density at radius 2 is 1.26 bits per heavy atom. The smallest absolute Gasteiger partial charge is 0.172 e. The highest BCUT2D eigenvalue weighted by molar-refractivity contribution is 5.93. The Morgan fingerprint density at radius 3 is 1.77 bits per heavy atom. The lowest BCUT2D eigenvalue weighted by Crippen LogP contribution is -2.41. The molecular weight excluding hydrogens is 484 g/mol. The Labute approximate surface area is 240 Å². The Kier molecular flexibility index (Phi) is 17.5. The van der Waals surface area contributed by atoms with Crippen molar-refractivity contribution in [2.75, 3.05) is 20.8 Å². The van der Waals surface area contributed by atoms with Crippen LogP contribution in [0.15, 0.2) is 48.1 Å². The Bertz CT molecular complexity index is 818. The van der Waals surface area contributed by atoms with E-state index in [0.717, 1.165) is 55.9 Å². The van der Waals surface area contributed by atoms with Crippen molar-refractivity contribution < 1.29 is 19.1 Å². The Balaban J connectivity index is 0.000000391. The molecule has 39 heavy (non-hydrogen) atoms. The number of rotatable bonds is 18. The minimum atomic E-state index is -0.781. The summed E-state index contributed by atoms with van der Waals surface area (Å²) in [4.78, 5) is 24.9. The lowest BCUT2D eigenvalue weighted by atomic mass is 9.79. The van der Waals surface area contributed by atoms with Gasteiger partial charge in [-0.25, -0.2) is 0 Å². The van der Waals surface area contributed by atoms with E-state index in [4.69, 9.17) is 9.47 Å². The predicted molar refractivity (Wildman–Crippen MR) is 165 cm³/mol. The van der Waals surface area contributed by atoms with Gasteiger partial charge in [0.15, 0.2) is 11.4 Å². The molecule has 0 amide bonds. The zero-order valence-corrected chi connectivity index (χ0v) is 26.2. The van der Waals surface area contributed by atoms with Crippen LogP contribution in [0.5, 0.6) is 0 Å². The van der Waals surface area contributed by atoms with Gasteiger partial charge in [-0.1, -0.05) is 109 Å². The molecule has 0 fully saturated rings. The minimum absolute atomic E-state index is 0.198. The summed E-state index contributed by atoms with van der Waals surface area (Å²) in [6.07, 6.45) is 27.9. The maximum Gasteiger partial charge on any atom is 0.172 e. The van der Waals surface area contributed by atoms with Crippen LogP contribution >= 0.6 is 0 Å². The van der Waals surface area contributed by atoms with Crippen molar-refractivity contribution in [1.82, 2.24) is 0 Å². The molecule has 2 rings (SSSR count). The van der Waals surface area contributed by atoms with Crippen molar-refractivity contribution in [3.63, 3.8) is 0 Å². The zero-order valence-electron chi connectivity index (χ0n) is 26.2. The van der Waals surface area contributed by atoms with E-state index in [9.17, 15) is 9.59 Å². The van der Waals surface area contributed by atoms with Gasteiger partial charge in [0.2, 0.25) is 0 Å². The van der Waals surface area contributed by atoms with E-state index in [1.165, 1.54) is 32.1 Å². The summed E-state index contributed by atoms with van der Waals surface area (Å²) in [5.41, 5.74) is -0.244. The van der Waals surface area contributed by atoms with Crippen molar-refractivity contribution >= 4 is 11.6 Å². The SMILES string of the molecule is COC1(C(=O)CCCCCC(C)C)C=CCC=C1C.COCC1(C(=O)CCCCCCC(C)C)C=CCC=C1. The molecule has 0 radical (unpaired) electrons. The number of allylic oxidation sites excluding steroid dienone is 4. The molecule has 0 heterocycles. The van der Waals surface area contributed by atoms with Crippen LogP contribution < -0.4 is 0 Å². The highest BCUT2D eigenvalue weighted by Gasteiger charge is 2.37. The molecule has 2 aliphatic rings. The van der Waals surface area contributed by atoms with Gasteiger partial charge < -0.3 is 9.47 Å². The van der Waals surface area contributed by atoms with E-state index in [1.54, 1.807) is 14.2 Å². The number of Topliss-reactive ketones (excluding diaryl/α,β-unsaturated/α-hetero) is 2. The molecule has 0 bridgehead atoms. The third kappa shape index (κ3) is 12.5. The molecule has 2 aliphatic carbocycles. The topological polar surface area (TPSA) is 52.6 Å². The van der Waals surface area contributed by atoms with Crippen molar-refractivity contribution in [2.24, 2.45) is 17.3 Å². The van der Waals surface area contributed by atoms with Gasteiger partial charge in [-0.15, -0.1) is 0 Å². The first kappa shape index (κ1) is 35.2. The predicted octanol–water partition coefficient (Wildman–Crippen LogP) is 9.15. The lowest BCUT2D eigenvalue weighted by molar-refractivity contribution is -0.132. The van der Waals surface area contributed by atoms with Crippen LogP contribution in [-0.4, -0.2) is 38.0 Å². The van der Waals surface area contributed by atoms with Gasteiger partial charge in [-0.2, -0.15) is 0 Å². The average Bonchev–Trinajstić information content (AvgIpc) is 2.91. The van der Waals surface area contributed by atoms with Crippen molar-refractivity contribution in [3.05, 3.63) is 48.1 Å². The first-order chi connectivity index (χ1) is 18.6. The number of ketones is 2.